The number of aromatic nitrogens is 2. The Hall–Kier alpha value is -3.64. The normalized spacial score (nSPS) is 11.2. The molecule has 2 aromatic heterocycles. The average Bonchev–Trinajstić information content (AvgIpc) is 3.21. The lowest BCUT2D eigenvalue weighted by Crippen LogP contribution is -2.14. The molecule has 12 heteroatoms. The van der Waals surface area contributed by atoms with Gasteiger partial charge in [-0.1, -0.05) is 59.3 Å². The van der Waals surface area contributed by atoms with Gasteiger partial charge in [0.05, 0.1) is 10.6 Å². The molecular weight excluding hydrogens is 496 g/mol. The van der Waals surface area contributed by atoms with E-state index in [-0.39, 0.29) is 25.9 Å². The lowest BCUT2D eigenvalue weighted by molar-refractivity contribution is 0.103. The van der Waals surface area contributed by atoms with Gasteiger partial charge < -0.3 is 11.1 Å². The number of hydrogen-bond acceptors (Lipinski definition) is 7. The predicted molar refractivity (Wildman–Crippen MR) is 133 cm³/mol. The summed E-state index contributed by atoms with van der Waals surface area (Å²) < 4.78 is 23.9. The van der Waals surface area contributed by atoms with Crippen LogP contribution in [0.15, 0.2) is 71.8 Å². The molecule has 0 bridgehead atoms. The molecule has 9 nitrogen and oxygen atoms in total. The molecule has 6 N–H and O–H groups in total. The highest BCUT2D eigenvalue weighted by atomic mass is 35.5. The minimum Gasteiger partial charge on any atom is -0.384 e. The number of thiazole rings is 1. The van der Waals surface area contributed by atoms with Crippen molar-refractivity contribution in [2.75, 3.05) is 5.32 Å². The summed E-state index contributed by atoms with van der Waals surface area (Å²) in [6, 6.07) is 16.3. The van der Waals surface area contributed by atoms with Crippen LogP contribution in [-0.2, 0) is 10.0 Å². The fourth-order valence-electron chi connectivity index (χ4n) is 3.23. The molecule has 172 valence electrons. The Kier molecular flexibility index (Phi) is 6.44. The molecule has 0 atom stereocenters. The molecule has 0 radical (unpaired) electrons. The second kappa shape index (κ2) is 9.31. The number of amides is 1. The van der Waals surface area contributed by atoms with E-state index in [4.69, 9.17) is 27.9 Å². The van der Waals surface area contributed by atoms with Crippen LogP contribution >= 0.6 is 22.9 Å². The average molecular weight is 513 g/mol. The van der Waals surface area contributed by atoms with Crippen molar-refractivity contribution in [1.29, 1.82) is 5.41 Å². The molecule has 1 amide bonds. The van der Waals surface area contributed by atoms with Gasteiger partial charge in [-0.25, -0.2) is 23.5 Å². The van der Waals surface area contributed by atoms with Crippen LogP contribution < -0.4 is 16.2 Å². The first-order chi connectivity index (χ1) is 16.1. The number of carbonyl (C=O) groups is 1. The van der Waals surface area contributed by atoms with Crippen molar-refractivity contribution in [2.45, 2.75) is 4.90 Å². The van der Waals surface area contributed by atoms with E-state index in [0.717, 1.165) is 11.3 Å². The van der Waals surface area contributed by atoms with Crippen molar-refractivity contribution in [1.82, 2.24) is 9.97 Å². The third-order valence-corrected chi connectivity index (χ3v) is 6.89. The molecule has 0 spiro atoms. The van der Waals surface area contributed by atoms with Crippen molar-refractivity contribution >= 4 is 50.5 Å². The highest BCUT2D eigenvalue weighted by Gasteiger charge is 2.20. The number of amidine groups is 1. The molecule has 0 saturated carbocycles. The minimum atomic E-state index is -3.92. The van der Waals surface area contributed by atoms with E-state index < -0.39 is 15.9 Å². The fourth-order valence-corrected chi connectivity index (χ4v) is 5.02. The maximum Gasteiger partial charge on any atom is 0.269 e. The summed E-state index contributed by atoms with van der Waals surface area (Å²) in [6.45, 7) is 0. The summed E-state index contributed by atoms with van der Waals surface area (Å²) in [4.78, 5) is 21.7. The van der Waals surface area contributed by atoms with Crippen LogP contribution in [-0.4, -0.2) is 30.1 Å². The van der Waals surface area contributed by atoms with Gasteiger partial charge >= 0.3 is 0 Å². The van der Waals surface area contributed by atoms with Crippen LogP contribution in [0, 0.1) is 5.41 Å². The number of hydrogen-bond donors (Lipinski definition) is 4. The van der Waals surface area contributed by atoms with Gasteiger partial charge in [-0.05, 0) is 24.3 Å². The molecule has 0 fully saturated rings. The second-order valence-electron chi connectivity index (χ2n) is 7.07. The maximum atomic E-state index is 13.0. The monoisotopic (exact) mass is 512 g/mol. The number of nitrogens with two attached hydrogens (primary N) is 2. The largest absolute Gasteiger partial charge is 0.384 e. The van der Waals surface area contributed by atoms with Crippen LogP contribution in [0.3, 0.4) is 0 Å². The second-order valence-corrected chi connectivity index (χ2v) is 10.2. The zero-order valence-corrected chi connectivity index (χ0v) is 19.7. The van der Waals surface area contributed by atoms with Crippen molar-refractivity contribution in [3.8, 4) is 22.4 Å². The van der Waals surface area contributed by atoms with Gasteiger partial charge in [0.15, 0.2) is 4.47 Å². The summed E-state index contributed by atoms with van der Waals surface area (Å²) >= 11 is 7.10. The van der Waals surface area contributed by atoms with Gasteiger partial charge in [-0.2, -0.15) is 0 Å². The number of rotatable bonds is 6. The van der Waals surface area contributed by atoms with E-state index in [2.05, 4.69) is 15.3 Å². The molecule has 0 aliphatic heterocycles. The summed E-state index contributed by atoms with van der Waals surface area (Å²) in [5.41, 5.74) is 7.92. The quantitative estimate of drug-likeness (QED) is 0.227. The van der Waals surface area contributed by atoms with Crippen LogP contribution in [0.1, 0.15) is 15.2 Å². The van der Waals surface area contributed by atoms with Crippen LogP contribution in [0.2, 0.25) is 4.47 Å². The molecule has 0 unspecified atom stereocenters. The molecule has 4 rings (SSSR count). The predicted octanol–water partition coefficient (Wildman–Crippen LogP) is 3.71. The van der Waals surface area contributed by atoms with E-state index in [1.807, 2.05) is 0 Å². The Morgan fingerprint density at radius 1 is 1.06 bits per heavy atom. The van der Waals surface area contributed by atoms with Crippen LogP contribution in [0.5, 0.6) is 0 Å². The van der Waals surface area contributed by atoms with Gasteiger partial charge in [0, 0.05) is 28.5 Å². The molecule has 0 aliphatic carbocycles. The zero-order valence-electron chi connectivity index (χ0n) is 17.3. The van der Waals surface area contributed by atoms with E-state index in [1.54, 1.807) is 54.6 Å². The lowest BCUT2D eigenvalue weighted by Gasteiger charge is -2.09. The number of nitrogens with one attached hydrogen (secondary N) is 2. The Balaban J connectivity index is 1.61. The van der Waals surface area contributed by atoms with E-state index in [0.29, 0.717) is 27.9 Å². The van der Waals surface area contributed by atoms with Crippen molar-refractivity contribution in [3.05, 3.63) is 81.8 Å². The molecule has 4 aromatic rings. The standard InChI is InChI=1S/C22H17ClN6O3S2/c23-22-29-18(12-4-3-5-13(10-12)20(24)25)19(33-22)21(30)28-17-9-8-14(11-27-17)15-6-1-2-7-16(15)34(26,31)32/h1-11H,(H3,24,25)(H2,26,31,32)(H,27,28,30). The minimum absolute atomic E-state index is 0.0229. The fraction of sp³-hybridized carbons (Fsp3) is 0. The number of pyridine rings is 1. The van der Waals surface area contributed by atoms with E-state index in [1.165, 1.54) is 12.3 Å². The Morgan fingerprint density at radius 3 is 2.50 bits per heavy atom. The van der Waals surface area contributed by atoms with Gasteiger partial charge in [-0.15, -0.1) is 0 Å². The van der Waals surface area contributed by atoms with Gasteiger partial charge in [0.1, 0.15) is 16.5 Å². The summed E-state index contributed by atoms with van der Waals surface area (Å²) in [7, 11) is -3.92. The number of carbonyl (C=O) groups excluding carboxylic acids is 1. The first-order valence-corrected chi connectivity index (χ1v) is 12.4. The lowest BCUT2D eigenvalue weighted by atomic mass is 10.1. The van der Waals surface area contributed by atoms with Gasteiger partial charge in [-0.3, -0.25) is 10.2 Å². The summed E-state index contributed by atoms with van der Waals surface area (Å²) in [5, 5.41) is 15.6. The number of nitrogens with zero attached hydrogens (tertiary/aromatic N) is 2. The Bertz CT molecular complexity index is 1520. The topological polar surface area (TPSA) is 165 Å². The summed E-state index contributed by atoms with van der Waals surface area (Å²) in [6.07, 6.45) is 1.44. The molecule has 34 heavy (non-hydrogen) atoms. The van der Waals surface area contributed by atoms with Gasteiger partial charge in [0.25, 0.3) is 5.91 Å². The molecule has 2 aromatic carbocycles. The van der Waals surface area contributed by atoms with Crippen molar-refractivity contribution < 1.29 is 13.2 Å². The van der Waals surface area contributed by atoms with Crippen molar-refractivity contribution in [2.24, 2.45) is 10.9 Å². The van der Waals surface area contributed by atoms with Crippen LogP contribution in [0.4, 0.5) is 5.82 Å². The highest BCUT2D eigenvalue weighted by molar-refractivity contribution is 7.89. The number of benzene rings is 2. The molecule has 0 saturated heterocycles. The SMILES string of the molecule is N=C(N)c1cccc(-c2nc(Cl)sc2C(=O)Nc2ccc(-c3ccccc3S(N)(=O)=O)cn2)c1. The molecular formula is C22H17ClN6O3S2. The Morgan fingerprint density at radius 2 is 1.82 bits per heavy atom. The third kappa shape index (κ3) is 4.97. The first-order valence-electron chi connectivity index (χ1n) is 9.64. The smallest absolute Gasteiger partial charge is 0.269 e. The maximum absolute atomic E-state index is 13.0. The molecule has 0 aliphatic rings. The number of nitrogen functional groups attached to an aromatic ring is 1. The summed E-state index contributed by atoms with van der Waals surface area (Å²) in [5.74, 6) is -0.338. The third-order valence-electron chi connectivity index (χ3n) is 4.76. The zero-order chi connectivity index (χ0) is 24.5. The number of halogens is 1. The number of anilines is 1. The number of primary sulfonamides is 1. The van der Waals surface area contributed by atoms with Crippen molar-refractivity contribution in [3.63, 3.8) is 0 Å². The van der Waals surface area contributed by atoms with E-state index >= 15 is 0 Å². The van der Waals surface area contributed by atoms with Crippen LogP contribution in [0.25, 0.3) is 22.4 Å². The Labute approximate surface area is 204 Å². The van der Waals surface area contributed by atoms with Gasteiger partial charge in [0.2, 0.25) is 10.0 Å². The molecule has 2 heterocycles. The first kappa shape index (κ1) is 23.5. The highest BCUT2D eigenvalue weighted by Crippen LogP contribution is 2.32. The number of sulfonamides is 1. The van der Waals surface area contributed by atoms with E-state index in [9.17, 15) is 13.2 Å².